The number of rotatable bonds is 3. The number of hydrogen-bond acceptors (Lipinski definition) is 3. The van der Waals surface area contributed by atoms with Crippen LogP contribution in [0.4, 0.5) is 4.39 Å². The predicted octanol–water partition coefficient (Wildman–Crippen LogP) is 4.05. The molecule has 0 saturated carbocycles. The molecule has 0 atom stereocenters. The number of nitrogens with one attached hydrogen (secondary N) is 1. The zero-order valence-electron chi connectivity index (χ0n) is 14.7. The highest BCUT2D eigenvalue weighted by Crippen LogP contribution is 2.24. The van der Waals surface area contributed by atoms with E-state index >= 15 is 0 Å². The molecule has 0 bridgehead atoms. The highest BCUT2D eigenvalue weighted by molar-refractivity contribution is 5.97. The third-order valence-electron chi connectivity index (χ3n) is 4.31. The zero-order valence-corrected chi connectivity index (χ0v) is 14.7. The first-order valence-electron chi connectivity index (χ1n) is 8.10. The molecule has 128 valence electrons. The van der Waals surface area contributed by atoms with Crippen molar-refractivity contribution in [3.63, 3.8) is 0 Å². The number of benzene rings is 2. The molecule has 0 spiro atoms. The maximum absolute atomic E-state index is 14.1. The minimum Gasteiger partial charge on any atom is -0.343 e. The number of hydrogen-bond donors (Lipinski definition) is 1. The molecule has 0 aliphatic rings. The monoisotopic (exact) mass is 337 g/mol. The molecule has 0 unspecified atom stereocenters. The van der Waals surface area contributed by atoms with E-state index in [4.69, 9.17) is 0 Å². The topological polar surface area (TPSA) is 54.9 Å². The molecule has 4 nitrogen and oxygen atoms in total. The summed E-state index contributed by atoms with van der Waals surface area (Å²) in [5.41, 5.74) is 3.17. The molecule has 1 N–H and O–H groups in total. The molecule has 25 heavy (non-hydrogen) atoms. The van der Waals surface area contributed by atoms with Gasteiger partial charge in [-0.1, -0.05) is 18.2 Å². The van der Waals surface area contributed by atoms with E-state index in [1.807, 2.05) is 13.8 Å². The van der Waals surface area contributed by atoms with E-state index in [0.717, 1.165) is 16.9 Å². The van der Waals surface area contributed by atoms with Crippen molar-refractivity contribution < 1.29 is 9.18 Å². The summed E-state index contributed by atoms with van der Waals surface area (Å²) in [6.07, 6.45) is 0. The summed E-state index contributed by atoms with van der Waals surface area (Å²) in [5, 5.41) is 2.89. The van der Waals surface area contributed by atoms with Crippen LogP contribution in [-0.2, 0) is 5.54 Å². The maximum atomic E-state index is 14.1. The summed E-state index contributed by atoms with van der Waals surface area (Å²) in [7, 11) is 0. The summed E-state index contributed by atoms with van der Waals surface area (Å²) >= 11 is 0. The van der Waals surface area contributed by atoms with Crippen LogP contribution in [0.25, 0.3) is 11.0 Å². The third-order valence-corrected chi connectivity index (χ3v) is 4.31. The second kappa shape index (κ2) is 6.24. The van der Waals surface area contributed by atoms with Gasteiger partial charge in [0.25, 0.3) is 5.91 Å². The Morgan fingerprint density at radius 1 is 1.00 bits per heavy atom. The average Bonchev–Trinajstić information content (AvgIpc) is 2.55. The lowest BCUT2D eigenvalue weighted by molar-refractivity contribution is 0.0911. The van der Waals surface area contributed by atoms with Gasteiger partial charge in [0.1, 0.15) is 5.82 Å². The minimum absolute atomic E-state index is 0.282. The molecule has 0 aliphatic carbocycles. The Morgan fingerprint density at radius 3 is 2.32 bits per heavy atom. The van der Waals surface area contributed by atoms with E-state index in [-0.39, 0.29) is 11.7 Å². The lowest BCUT2D eigenvalue weighted by Gasteiger charge is -2.27. The van der Waals surface area contributed by atoms with Gasteiger partial charge in [-0.3, -0.25) is 4.79 Å². The van der Waals surface area contributed by atoms with Crippen LogP contribution >= 0.6 is 0 Å². The molecule has 3 rings (SSSR count). The number of carbonyl (C=O) groups is 1. The molecule has 2 aromatic carbocycles. The van der Waals surface area contributed by atoms with E-state index in [0.29, 0.717) is 16.6 Å². The van der Waals surface area contributed by atoms with Gasteiger partial charge in [0.05, 0.1) is 28.0 Å². The van der Waals surface area contributed by atoms with Crippen molar-refractivity contribution in [2.24, 2.45) is 0 Å². The quantitative estimate of drug-likeness (QED) is 0.784. The Bertz CT molecular complexity index is 966. The van der Waals surface area contributed by atoms with Gasteiger partial charge in [-0.25, -0.2) is 14.4 Å². The lowest BCUT2D eigenvalue weighted by atomic mass is 9.93. The van der Waals surface area contributed by atoms with Crippen molar-refractivity contribution in [2.45, 2.75) is 33.2 Å². The van der Waals surface area contributed by atoms with Crippen LogP contribution in [-0.4, -0.2) is 15.9 Å². The number of aryl methyl sites for hydroxylation is 2. The molecule has 0 fully saturated rings. The Labute approximate surface area is 146 Å². The van der Waals surface area contributed by atoms with E-state index in [2.05, 4.69) is 15.3 Å². The van der Waals surface area contributed by atoms with E-state index in [9.17, 15) is 9.18 Å². The number of fused-ring (bicyclic) bond motifs is 1. The van der Waals surface area contributed by atoms with Gasteiger partial charge in [0.15, 0.2) is 0 Å². The molecule has 0 saturated heterocycles. The van der Waals surface area contributed by atoms with Gasteiger partial charge in [-0.2, -0.15) is 0 Å². The van der Waals surface area contributed by atoms with Gasteiger partial charge >= 0.3 is 0 Å². The van der Waals surface area contributed by atoms with Crippen LogP contribution < -0.4 is 5.32 Å². The Balaban J connectivity index is 1.92. The lowest BCUT2D eigenvalue weighted by Crippen LogP contribution is -2.41. The molecule has 0 aliphatic heterocycles. The average molecular weight is 337 g/mol. The number of aromatic nitrogens is 2. The highest BCUT2D eigenvalue weighted by atomic mass is 19.1. The van der Waals surface area contributed by atoms with Crippen molar-refractivity contribution in [3.8, 4) is 0 Å². The smallest absolute Gasteiger partial charge is 0.252 e. The van der Waals surface area contributed by atoms with Crippen molar-refractivity contribution in [1.29, 1.82) is 0 Å². The molecular formula is C20H20FN3O. The van der Waals surface area contributed by atoms with Crippen LogP contribution in [0.5, 0.6) is 0 Å². The largest absolute Gasteiger partial charge is 0.343 e. The summed E-state index contributed by atoms with van der Waals surface area (Å²) in [6.45, 7) is 7.34. The molecular weight excluding hydrogens is 317 g/mol. The van der Waals surface area contributed by atoms with E-state index in [1.165, 1.54) is 6.07 Å². The van der Waals surface area contributed by atoms with E-state index < -0.39 is 5.54 Å². The van der Waals surface area contributed by atoms with Gasteiger partial charge in [0, 0.05) is 11.1 Å². The fourth-order valence-corrected chi connectivity index (χ4v) is 2.76. The zero-order chi connectivity index (χ0) is 18.2. The molecule has 3 aromatic rings. The number of amides is 1. The first kappa shape index (κ1) is 17.0. The fraction of sp³-hybridized carbons (Fsp3) is 0.250. The van der Waals surface area contributed by atoms with Crippen LogP contribution in [0.1, 0.15) is 41.2 Å². The second-order valence-corrected chi connectivity index (χ2v) is 6.66. The summed E-state index contributed by atoms with van der Waals surface area (Å²) in [5.74, 6) is -0.626. The maximum Gasteiger partial charge on any atom is 0.252 e. The van der Waals surface area contributed by atoms with Crippen LogP contribution in [0.2, 0.25) is 0 Å². The highest BCUT2D eigenvalue weighted by Gasteiger charge is 2.26. The Hall–Kier alpha value is -2.82. The minimum atomic E-state index is -0.841. The van der Waals surface area contributed by atoms with Gasteiger partial charge in [0.2, 0.25) is 0 Å². The predicted molar refractivity (Wildman–Crippen MR) is 95.9 cm³/mol. The van der Waals surface area contributed by atoms with Crippen molar-refractivity contribution in [1.82, 2.24) is 15.3 Å². The standard InChI is InChI=1S/C20H20FN3O/c1-12-13(2)23-18-11-14(9-10-17(18)22-12)19(25)24-20(3,4)15-7-5-6-8-16(15)21/h5-11H,1-4H3,(H,24,25). The Morgan fingerprint density at radius 2 is 1.64 bits per heavy atom. The molecule has 5 heteroatoms. The molecule has 1 aromatic heterocycles. The van der Waals surface area contributed by atoms with Crippen LogP contribution in [0, 0.1) is 19.7 Å². The first-order chi connectivity index (χ1) is 11.8. The van der Waals surface area contributed by atoms with Gasteiger partial charge in [-0.15, -0.1) is 0 Å². The summed E-state index contributed by atoms with van der Waals surface area (Å²) in [4.78, 5) is 21.6. The number of carbonyl (C=O) groups excluding carboxylic acids is 1. The van der Waals surface area contributed by atoms with Crippen molar-refractivity contribution in [2.75, 3.05) is 0 Å². The summed E-state index contributed by atoms with van der Waals surface area (Å²) in [6, 6.07) is 11.6. The van der Waals surface area contributed by atoms with Crippen molar-refractivity contribution >= 4 is 16.9 Å². The number of halogens is 1. The molecule has 1 amide bonds. The fourth-order valence-electron chi connectivity index (χ4n) is 2.76. The van der Waals surface area contributed by atoms with Gasteiger partial charge < -0.3 is 5.32 Å². The first-order valence-corrected chi connectivity index (χ1v) is 8.10. The normalized spacial score (nSPS) is 11.6. The molecule has 1 heterocycles. The van der Waals surface area contributed by atoms with Crippen LogP contribution in [0.15, 0.2) is 42.5 Å². The number of nitrogens with zero attached hydrogens (tertiary/aromatic N) is 2. The SMILES string of the molecule is Cc1nc2ccc(C(=O)NC(C)(C)c3ccccc3F)cc2nc1C. The van der Waals surface area contributed by atoms with Crippen LogP contribution in [0.3, 0.4) is 0 Å². The van der Waals surface area contributed by atoms with Gasteiger partial charge in [-0.05, 0) is 52.0 Å². The Kier molecular flexibility index (Phi) is 4.25. The van der Waals surface area contributed by atoms with Crippen molar-refractivity contribution in [3.05, 3.63) is 70.8 Å². The third kappa shape index (κ3) is 3.36. The van der Waals surface area contributed by atoms with E-state index in [1.54, 1.807) is 50.2 Å². The second-order valence-electron chi connectivity index (χ2n) is 6.66. The molecule has 0 radical (unpaired) electrons. The summed E-state index contributed by atoms with van der Waals surface area (Å²) < 4.78 is 14.1.